The maximum absolute atomic E-state index is 5.95. The molecule has 21 heavy (non-hydrogen) atoms. The van der Waals surface area contributed by atoms with Crippen molar-refractivity contribution in [3.63, 3.8) is 0 Å². The van der Waals surface area contributed by atoms with Crippen LogP contribution in [0, 0.1) is 0 Å². The van der Waals surface area contributed by atoms with E-state index in [2.05, 4.69) is 48.2 Å². The normalized spacial score (nSPS) is 17.5. The van der Waals surface area contributed by atoms with Crippen molar-refractivity contribution in [3.05, 3.63) is 53.6 Å². The number of para-hydroxylation sites is 1. The van der Waals surface area contributed by atoms with E-state index < -0.39 is 0 Å². The predicted octanol–water partition coefficient (Wildman–Crippen LogP) is 3.63. The van der Waals surface area contributed by atoms with E-state index in [1.807, 2.05) is 6.07 Å². The van der Waals surface area contributed by atoms with Gasteiger partial charge in [-0.2, -0.15) is 0 Å². The molecule has 0 bridgehead atoms. The molecular formula is C18H22N2O. The fourth-order valence-corrected chi connectivity index (χ4v) is 3.12. The molecular weight excluding hydrogens is 260 g/mol. The topological polar surface area (TPSA) is 38.5 Å². The first-order valence-electron chi connectivity index (χ1n) is 7.48. The number of benzene rings is 2. The molecule has 3 rings (SSSR count). The molecule has 1 unspecified atom stereocenters. The molecule has 0 saturated heterocycles. The second kappa shape index (κ2) is 5.78. The third-order valence-corrected chi connectivity index (χ3v) is 4.30. The summed E-state index contributed by atoms with van der Waals surface area (Å²) in [5.74, 6) is 0.873. The lowest BCUT2D eigenvalue weighted by Gasteiger charge is -2.38. The Morgan fingerprint density at radius 3 is 2.76 bits per heavy atom. The standard InChI is InChI=1S/C18H22N2O/c1-13-7-8-14-5-3-4-6-17(14)20(13)18-11-16(21-2)10-9-15(18)12-19/h3-6,9-11,13H,7-8,12,19H2,1-2H3. The maximum Gasteiger partial charge on any atom is 0.120 e. The van der Waals surface area contributed by atoms with Crippen molar-refractivity contribution >= 4 is 11.4 Å². The number of ether oxygens (including phenoxy) is 1. The average Bonchev–Trinajstić information content (AvgIpc) is 2.54. The number of anilines is 2. The molecule has 2 N–H and O–H groups in total. The van der Waals surface area contributed by atoms with E-state index in [1.165, 1.54) is 11.3 Å². The van der Waals surface area contributed by atoms with Crippen molar-refractivity contribution in [3.8, 4) is 5.75 Å². The van der Waals surface area contributed by atoms with E-state index >= 15 is 0 Å². The first kappa shape index (κ1) is 14.0. The lowest BCUT2D eigenvalue weighted by molar-refractivity contribution is 0.414. The minimum atomic E-state index is 0.456. The Labute approximate surface area is 126 Å². The van der Waals surface area contributed by atoms with Crippen LogP contribution in [0.5, 0.6) is 5.75 Å². The van der Waals surface area contributed by atoms with Crippen LogP contribution in [0.3, 0.4) is 0 Å². The number of hydrogen-bond acceptors (Lipinski definition) is 3. The van der Waals surface area contributed by atoms with Gasteiger partial charge >= 0.3 is 0 Å². The van der Waals surface area contributed by atoms with Crippen LogP contribution in [-0.4, -0.2) is 13.2 Å². The van der Waals surface area contributed by atoms with Gasteiger partial charge in [0.25, 0.3) is 0 Å². The summed E-state index contributed by atoms with van der Waals surface area (Å²) in [5.41, 5.74) is 11.0. The number of fused-ring (bicyclic) bond motifs is 1. The number of rotatable bonds is 3. The molecule has 0 radical (unpaired) electrons. The van der Waals surface area contributed by atoms with Gasteiger partial charge in [0.2, 0.25) is 0 Å². The van der Waals surface area contributed by atoms with Crippen molar-refractivity contribution in [1.82, 2.24) is 0 Å². The zero-order chi connectivity index (χ0) is 14.8. The second-order valence-electron chi connectivity index (χ2n) is 5.59. The van der Waals surface area contributed by atoms with Gasteiger partial charge in [0.05, 0.1) is 7.11 Å². The molecule has 110 valence electrons. The molecule has 0 amide bonds. The Morgan fingerprint density at radius 2 is 2.00 bits per heavy atom. The summed E-state index contributed by atoms with van der Waals surface area (Å²) in [6, 6.07) is 15.2. The molecule has 1 heterocycles. The van der Waals surface area contributed by atoms with Gasteiger partial charge in [-0.1, -0.05) is 24.3 Å². The largest absolute Gasteiger partial charge is 0.497 e. The molecule has 0 aromatic heterocycles. The van der Waals surface area contributed by atoms with E-state index in [1.54, 1.807) is 7.11 Å². The number of aryl methyl sites for hydroxylation is 1. The summed E-state index contributed by atoms with van der Waals surface area (Å²) >= 11 is 0. The minimum Gasteiger partial charge on any atom is -0.497 e. The van der Waals surface area contributed by atoms with Crippen LogP contribution >= 0.6 is 0 Å². The summed E-state index contributed by atoms with van der Waals surface area (Å²) < 4.78 is 5.40. The van der Waals surface area contributed by atoms with Crippen molar-refractivity contribution < 1.29 is 4.74 Å². The monoisotopic (exact) mass is 282 g/mol. The average molecular weight is 282 g/mol. The SMILES string of the molecule is COc1ccc(CN)c(N2c3ccccc3CCC2C)c1. The van der Waals surface area contributed by atoms with Crippen LogP contribution in [0.4, 0.5) is 11.4 Å². The highest BCUT2D eigenvalue weighted by Crippen LogP contribution is 2.39. The van der Waals surface area contributed by atoms with Gasteiger partial charge in [-0.15, -0.1) is 0 Å². The van der Waals surface area contributed by atoms with Crippen LogP contribution in [0.1, 0.15) is 24.5 Å². The Bertz CT molecular complexity index is 639. The first-order valence-corrected chi connectivity index (χ1v) is 7.48. The molecule has 0 spiro atoms. The number of hydrogen-bond donors (Lipinski definition) is 1. The summed E-state index contributed by atoms with van der Waals surface area (Å²) in [5, 5.41) is 0. The van der Waals surface area contributed by atoms with Gasteiger partial charge in [-0.25, -0.2) is 0 Å². The highest BCUT2D eigenvalue weighted by atomic mass is 16.5. The van der Waals surface area contributed by atoms with Crippen molar-refractivity contribution in [2.75, 3.05) is 12.0 Å². The van der Waals surface area contributed by atoms with Crippen LogP contribution in [0.25, 0.3) is 0 Å². The van der Waals surface area contributed by atoms with E-state index in [0.29, 0.717) is 12.6 Å². The second-order valence-corrected chi connectivity index (χ2v) is 5.59. The smallest absolute Gasteiger partial charge is 0.120 e. The molecule has 0 aliphatic carbocycles. The van der Waals surface area contributed by atoms with Gasteiger partial charge in [-0.05, 0) is 43.0 Å². The van der Waals surface area contributed by atoms with Crippen LogP contribution in [-0.2, 0) is 13.0 Å². The minimum absolute atomic E-state index is 0.456. The molecule has 1 aliphatic heterocycles. The van der Waals surface area contributed by atoms with Gasteiger partial charge in [0, 0.05) is 30.0 Å². The van der Waals surface area contributed by atoms with Gasteiger partial charge in [-0.3, -0.25) is 0 Å². The van der Waals surface area contributed by atoms with E-state index in [9.17, 15) is 0 Å². The summed E-state index contributed by atoms with van der Waals surface area (Å²) in [4.78, 5) is 2.41. The quantitative estimate of drug-likeness (QED) is 0.934. The molecule has 1 atom stereocenters. The lowest BCUT2D eigenvalue weighted by atomic mass is 9.95. The van der Waals surface area contributed by atoms with Crippen molar-refractivity contribution in [2.45, 2.75) is 32.4 Å². The first-order chi connectivity index (χ1) is 10.2. The molecule has 0 saturated carbocycles. The van der Waals surface area contributed by atoms with Gasteiger partial charge in [0.1, 0.15) is 5.75 Å². The number of nitrogens with zero attached hydrogens (tertiary/aromatic N) is 1. The Balaban J connectivity index is 2.15. The van der Waals surface area contributed by atoms with Gasteiger partial charge in [0.15, 0.2) is 0 Å². The fourth-order valence-electron chi connectivity index (χ4n) is 3.12. The maximum atomic E-state index is 5.95. The van der Waals surface area contributed by atoms with Crippen LogP contribution in [0.15, 0.2) is 42.5 Å². The molecule has 1 aliphatic rings. The van der Waals surface area contributed by atoms with Gasteiger partial charge < -0.3 is 15.4 Å². The number of methoxy groups -OCH3 is 1. The zero-order valence-corrected chi connectivity index (χ0v) is 12.7. The van der Waals surface area contributed by atoms with E-state index in [-0.39, 0.29) is 0 Å². The molecule has 3 heteroatoms. The zero-order valence-electron chi connectivity index (χ0n) is 12.7. The summed E-state index contributed by atoms with van der Waals surface area (Å²) in [6.45, 7) is 2.81. The van der Waals surface area contributed by atoms with Crippen molar-refractivity contribution in [1.29, 1.82) is 0 Å². The fraction of sp³-hybridized carbons (Fsp3) is 0.333. The number of nitrogens with two attached hydrogens (primary N) is 1. The van der Waals surface area contributed by atoms with E-state index in [0.717, 1.165) is 29.8 Å². The Morgan fingerprint density at radius 1 is 1.19 bits per heavy atom. The van der Waals surface area contributed by atoms with E-state index in [4.69, 9.17) is 10.5 Å². The molecule has 3 nitrogen and oxygen atoms in total. The Hall–Kier alpha value is -2.00. The third kappa shape index (κ3) is 2.49. The third-order valence-electron chi connectivity index (χ3n) is 4.30. The molecule has 2 aromatic rings. The van der Waals surface area contributed by atoms with Crippen LogP contribution < -0.4 is 15.4 Å². The Kier molecular flexibility index (Phi) is 3.84. The summed E-state index contributed by atoms with van der Waals surface area (Å²) in [6.07, 6.45) is 2.29. The molecule has 2 aromatic carbocycles. The van der Waals surface area contributed by atoms with Crippen molar-refractivity contribution in [2.24, 2.45) is 5.73 Å². The lowest BCUT2D eigenvalue weighted by Crippen LogP contribution is -2.34. The summed E-state index contributed by atoms with van der Waals surface area (Å²) in [7, 11) is 1.70. The van der Waals surface area contributed by atoms with Crippen LogP contribution in [0.2, 0.25) is 0 Å². The highest BCUT2D eigenvalue weighted by molar-refractivity contribution is 5.72. The molecule has 0 fully saturated rings. The predicted molar refractivity (Wildman–Crippen MR) is 87.2 cm³/mol. The highest BCUT2D eigenvalue weighted by Gasteiger charge is 2.25.